The lowest BCUT2D eigenvalue weighted by atomic mass is 10.1. The van der Waals surface area contributed by atoms with Gasteiger partial charge in [-0.1, -0.05) is 20.8 Å². The minimum Gasteiger partial charge on any atom is -0.333 e. The van der Waals surface area contributed by atoms with Crippen LogP contribution >= 0.6 is 12.4 Å². The van der Waals surface area contributed by atoms with E-state index in [1.165, 1.54) is 0 Å². The highest BCUT2D eigenvalue weighted by Gasteiger charge is 2.28. The number of aromatic nitrogens is 2. The van der Waals surface area contributed by atoms with Crippen molar-refractivity contribution in [3.05, 3.63) is 17.5 Å². The molecule has 2 rings (SSSR count). The summed E-state index contributed by atoms with van der Waals surface area (Å²) in [6.07, 6.45) is 2.01. The predicted octanol–water partition coefficient (Wildman–Crippen LogP) is 2.17. The number of hydrogen-bond acceptors (Lipinski definition) is 3. The average molecular weight is 301 g/mol. The van der Waals surface area contributed by atoms with Gasteiger partial charge in [0.05, 0.1) is 0 Å². The van der Waals surface area contributed by atoms with Crippen LogP contribution in [-0.4, -0.2) is 46.7 Å². The Morgan fingerprint density at radius 1 is 1.55 bits per heavy atom. The average Bonchev–Trinajstić information content (AvgIpc) is 3.05. The van der Waals surface area contributed by atoms with Crippen molar-refractivity contribution in [3.63, 3.8) is 0 Å². The molecule has 5 nitrogen and oxygen atoms in total. The molecule has 1 aliphatic heterocycles. The maximum Gasteiger partial charge on any atom is 0.274 e. The number of hydrogen-bond donors (Lipinski definition) is 2. The summed E-state index contributed by atoms with van der Waals surface area (Å²) in [7, 11) is 0. The fourth-order valence-corrected chi connectivity index (χ4v) is 2.49. The van der Waals surface area contributed by atoms with Crippen LogP contribution in [0.25, 0.3) is 0 Å². The first-order valence-electron chi connectivity index (χ1n) is 7.20. The molecule has 0 spiro atoms. The molecule has 0 radical (unpaired) electrons. The molecular weight excluding hydrogens is 276 g/mol. The molecule has 6 heteroatoms. The smallest absolute Gasteiger partial charge is 0.274 e. The quantitative estimate of drug-likeness (QED) is 0.876. The molecule has 20 heavy (non-hydrogen) atoms. The molecule has 1 amide bonds. The minimum atomic E-state index is 0. The molecule has 1 saturated heterocycles. The number of H-pyrrole nitrogens is 1. The van der Waals surface area contributed by atoms with Crippen molar-refractivity contribution in [3.8, 4) is 0 Å². The summed E-state index contributed by atoms with van der Waals surface area (Å²) in [6.45, 7) is 8.98. The molecule has 0 saturated carbocycles. The van der Waals surface area contributed by atoms with E-state index in [9.17, 15) is 4.79 Å². The monoisotopic (exact) mass is 300 g/mol. The molecule has 2 heterocycles. The molecule has 0 aliphatic carbocycles. The fourth-order valence-electron chi connectivity index (χ4n) is 2.49. The predicted molar refractivity (Wildman–Crippen MR) is 82.5 cm³/mol. The van der Waals surface area contributed by atoms with Gasteiger partial charge in [0.15, 0.2) is 0 Å². The number of carbonyl (C=O) groups excluding carboxylic acids is 1. The van der Waals surface area contributed by atoms with Gasteiger partial charge in [0, 0.05) is 24.8 Å². The van der Waals surface area contributed by atoms with Crippen molar-refractivity contribution in [1.82, 2.24) is 20.4 Å². The van der Waals surface area contributed by atoms with E-state index in [1.807, 2.05) is 11.0 Å². The SMILES string of the molecule is CCCN(C(=O)c1cc(C(C)C)[nH]n1)C1CCNC1.Cl. The number of rotatable bonds is 5. The number of aromatic amines is 1. The van der Waals surface area contributed by atoms with Crippen LogP contribution in [0.4, 0.5) is 0 Å². The standard InChI is InChI=1S/C14H24N4O.ClH/c1-4-7-18(11-5-6-15-9-11)14(19)13-8-12(10(2)3)16-17-13;/h8,10-11,15H,4-7,9H2,1-3H3,(H,16,17);1H. The van der Waals surface area contributed by atoms with Gasteiger partial charge in [0.1, 0.15) is 5.69 Å². The summed E-state index contributed by atoms with van der Waals surface area (Å²) in [6, 6.07) is 2.20. The van der Waals surface area contributed by atoms with Crippen molar-refractivity contribution in [1.29, 1.82) is 0 Å². The van der Waals surface area contributed by atoms with Crippen molar-refractivity contribution in [2.75, 3.05) is 19.6 Å². The summed E-state index contributed by atoms with van der Waals surface area (Å²) < 4.78 is 0. The third-order valence-electron chi connectivity index (χ3n) is 3.64. The highest BCUT2D eigenvalue weighted by Crippen LogP contribution is 2.16. The Morgan fingerprint density at radius 2 is 2.30 bits per heavy atom. The maximum absolute atomic E-state index is 12.6. The van der Waals surface area contributed by atoms with Crippen LogP contribution in [0.5, 0.6) is 0 Å². The minimum absolute atomic E-state index is 0. The lowest BCUT2D eigenvalue weighted by Gasteiger charge is -2.27. The first kappa shape index (κ1) is 17.0. The zero-order valence-corrected chi connectivity index (χ0v) is 13.3. The van der Waals surface area contributed by atoms with Crippen LogP contribution in [0.2, 0.25) is 0 Å². The van der Waals surface area contributed by atoms with Crippen molar-refractivity contribution in [2.45, 2.75) is 45.6 Å². The van der Waals surface area contributed by atoms with E-state index in [0.29, 0.717) is 17.7 Å². The largest absolute Gasteiger partial charge is 0.333 e. The third-order valence-corrected chi connectivity index (χ3v) is 3.64. The molecule has 0 bridgehead atoms. The molecule has 114 valence electrons. The van der Waals surface area contributed by atoms with Crippen LogP contribution in [0.3, 0.4) is 0 Å². The lowest BCUT2D eigenvalue weighted by Crippen LogP contribution is -2.42. The number of amides is 1. The van der Waals surface area contributed by atoms with Gasteiger partial charge in [0.2, 0.25) is 0 Å². The van der Waals surface area contributed by atoms with Gasteiger partial charge >= 0.3 is 0 Å². The number of nitrogens with one attached hydrogen (secondary N) is 2. The summed E-state index contributed by atoms with van der Waals surface area (Å²) in [5, 5.41) is 10.5. The number of nitrogens with zero attached hydrogens (tertiary/aromatic N) is 2. The molecule has 1 fully saturated rings. The van der Waals surface area contributed by atoms with Crippen LogP contribution in [0.1, 0.15) is 55.7 Å². The zero-order valence-electron chi connectivity index (χ0n) is 12.5. The van der Waals surface area contributed by atoms with E-state index in [-0.39, 0.29) is 18.3 Å². The van der Waals surface area contributed by atoms with Gasteiger partial charge < -0.3 is 10.2 Å². The summed E-state index contributed by atoms with van der Waals surface area (Å²) in [4.78, 5) is 14.5. The van der Waals surface area contributed by atoms with Crippen molar-refractivity contribution >= 4 is 18.3 Å². The third kappa shape index (κ3) is 3.73. The molecule has 1 atom stereocenters. The van der Waals surface area contributed by atoms with Gasteiger partial charge in [-0.05, 0) is 31.4 Å². The Bertz CT molecular complexity index is 427. The van der Waals surface area contributed by atoms with Crippen LogP contribution in [-0.2, 0) is 0 Å². The van der Waals surface area contributed by atoms with E-state index in [4.69, 9.17) is 0 Å². The maximum atomic E-state index is 12.6. The Labute approximate surface area is 126 Å². The molecule has 1 unspecified atom stereocenters. The second kappa shape index (κ2) is 7.64. The van der Waals surface area contributed by atoms with Gasteiger partial charge in [0.25, 0.3) is 5.91 Å². The summed E-state index contributed by atoms with van der Waals surface area (Å²) in [5.41, 5.74) is 1.56. The van der Waals surface area contributed by atoms with Gasteiger partial charge in [-0.2, -0.15) is 5.10 Å². The Morgan fingerprint density at radius 3 is 2.80 bits per heavy atom. The molecule has 0 aromatic carbocycles. The lowest BCUT2D eigenvalue weighted by molar-refractivity contribution is 0.0686. The fraction of sp³-hybridized carbons (Fsp3) is 0.714. The summed E-state index contributed by atoms with van der Waals surface area (Å²) in [5.74, 6) is 0.417. The zero-order chi connectivity index (χ0) is 13.8. The van der Waals surface area contributed by atoms with Crippen LogP contribution in [0, 0.1) is 0 Å². The highest BCUT2D eigenvalue weighted by molar-refractivity contribution is 5.92. The van der Waals surface area contributed by atoms with E-state index in [2.05, 4.69) is 36.3 Å². The Balaban J connectivity index is 0.00000200. The number of carbonyl (C=O) groups is 1. The normalized spacial score (nSPS) is 18.1. The molecule has 1 aromatic rings. The second-order valence-corrected chi connectivity index (χ2v) is 5.51. The highest BCUT2D eigenvalue weighted by atomic mass is 35.5. The van der Waals surface area contributed by atoms with E-state index in [1.54, 1.807) is 0 Å². The van der Waals surface area contributed by atoms with Crippen molar-refractivity contribution < 1.29 is 4.79 Å². The number of halogens is 1. The summed E-state index contributed by atoms with van der Waals surface area (Å²) >= 11 is 0. The van der Waals surface area contributed by atoms with Gasteiger partial charge in [-0.3, -0.25) is 9.89 Å². The topological polar surface area (TPSA) is 61.0 Å². The molecule has 1 aromatic heterocycles. The molecular formula is C14H25ClN4O. The van der Waals surface area contributed by atoms with E-state index >= 15 is 0 Å². The van der Waals surface area contributed by atoms with Gasteiger partial charge in [-0.25, -0.2) is 0 Å². The first-order valence-corrected chi connectivity index (χ1v) is 7.20. The van der Waals surface area contributed by atoms with E-state index < -0.39 is 0 Å². The Hall–Kier alpha value is -1.07. The van der Waals surface area contributed by atoms with Crippen molar-refractivity contribution in [2.24, 2.45) is 0 Å². The van der Waals surface area contributed by atoms with Crippen LogP contribution in [0.15, 0.2) is 6.07 Å². The molecule has 2 N–H and O–H groups in total. The van der Waals surface area contributed by atoms with Crippen LogP contribution < -0.4 is 5.32 Å². The van der Waals surface area contributed by atoms with Gasteiger partial charge in [-0.15, -0.1) is 12.4 Å². The second-order valence-electron chi connectivity index (χ2n) is 5.51. The molecule has 1 aliphatic rings. The first-order chi connectivity index (χ1) is 9.13. The Kier molecular flexibility index (Phi) is 6.49. The van der Waals surface area contributed by atoms with E-state index in [0.717, 1.165) is 38.2 Å².